The maximum absolute atomic E-state index is 9.95. The third-order valence-electron chi connectivity index (χ3n) is 4.35. The number of unbranched alkanes of at least 4 members (excludes halogenated alkanes) is 3. The predicted octanol–water partition coefficient (Wildman–Crippen LogP) is 1.72. The predicted molar refractivity (Wildman–Crippen MR) is 96.2 cm³/mol. The lowest BCUT2D eigenvalue weighted by Crippen LogP contribution is -2.24. The largest absolute Gasteiger partial charge is 0.394 e. The van der Waals surface area contributed by atoms with Gasteiger partial charge in [0.05, 0.1) is 19.0 Å². The van der Waals surface area contributed by atoms with E-state index in [1.165, 1.54) is 19.3 Å². The average Bonchev–Trinajstić information content (AvgIpc) is 3.18. The Bertz CT molecular complexity index is 710. The number of nitrogens with zero attached hydrogens (tertiary/aromatic N) is 4. The highest BCUT2D eigenvalue weighted by Crippen LogP contribution is 2.32. The van der Waals surface area contributed by atoms with Crippen LogP contribution in [0.3, 0.4) is 0 Å². The SMILES string of the molecule is CCCCCCSc1nc(N)c2ncn([C@H]3C[C@H](O)[C@@H](CO)O3)c2n1. The van der Waals surface area contributed by atoms with Gasteiger partial charge in [-0.3, -0.25) is 4.57 Å². The Labute approximate surface area is 150 Å². The van der Waals surface area contributed by atoms with Crippen molar-refractivity contribution in [2.24, 2.45) is 0 Å². The first-order valence-electron chi connectivity index (χ1n) is 8.71. The van der Waals surface area contributed by atoms with Crippen LogP contribution in [0.2, 0.25) is 0 Å². The summed E-state index contributed by atoms with van der Waals surface area (Å²) in [6, 6.07) is 0. The van der Waals surface area contributed by atoms with Crippen molar-refractivity contribution in [3.63, 3.8) is 0 Å². The van der Waals surface area contributed by atoms with Gasteiger partial charge in [0, 0.05) is 12.2 Å². The number of aliphatic hydroxyl groups is 2. The van der Waals surface area contributed by atoms with E-state index in [1.54, 1.807) is 22.7 Å². The molecule has 138 valence electrons. The van der Waals surface area contributed by atoms with E-state index >= 15 is 0 Å². The van der Waals surface area contributed by atoms with Crippen molar-refractivity contribution in [1.82, 2.24) is 19.5 Å². The van der Waals surface area contributed by atoms with E-state index in [0.29, 0.717) is 28.6 Å². The van der Waals surface area contributed by atoms with Crippen molar-refractivity contribution in [2.45, 2.75) is 62.6 Å². The number of imidazole rings is 1. The minimum atomic E-state index is -0.709. The molecular weight excluding hydrogens is 342 g/mol. The Balaban J connectivity index is 1.77. The molecule has 4 N–H and O–H groups in total. The lowest BCUT2D eigenvalue weighted by molar-refractivity contribution is -0.0432. The molecule has 0 radical (unpaired) electrons. The normalized spacial score (nSPS) is 23.6. The molecule has 0 aliphatic carbocycles. The molecule has 0 spiro atoms. The van der Waals surface area contributed by atoms with E-state index in [0.717, 1.165) is 12.2 Å². The summed E-state index contributed by atoms with van der Waals surface area (Å²) in [6.07, 6.45) is 5.03. The summed E-state index contributed by atoms with van der Waals surface area (Å²) in [6.45, 7) is 1.97. The molecule has 3 rings (SSSR count). The summed E-state index contributed by atoms with van der Waals surface area (Å²) in [5, 5.41) is 19.8. The maximum atomic E-state index is 9.95. The van der Waals surface area contributed by atoms with Crippen LogP contribution in [-0.4, -0.2) is 54.3 Å². The molecule has 25 heavy (non-hydrogen) atoms. The lowest BCUT2D eigenvalue weighted by atomic mass is 10.2. The number of nitrogens with two attached hydrogens (primary N) is 1. The summed E-state index contributed by atoms with van der Waals surface area (Å²) < 4.78 is 7.45. The number of anilines is 1. The smallest absolute Gasteiger partial charge is 0.191 e. The molecule has 1 saturated heterocycles. The molecule has 3 heterocycles. The highest BCUT2D eigenvalue weighted by molar-refractivity contribution is 7.99. The average molecular weight is 367 g/mol. The first kappa shape index (κ1) is 18.4. The van der Waals surface area contributed by atoms with E-state index in [1.807, 2.05) is 0 Å². The van der Waals surface area contributed by atoms with Crippen LogP contribution in [0.4, 0.5) is 5.82 Å². The molecule has 2 aromatic rings. The number of fused-ring (bicyclic) bond motifs is 1. The van der Waals surface area contributed by atoms with E-state index < -0.39 is 18.4 Å². The number of aliphatic hydroxyl groups excluding tert-OH is 2. The Kier molecular flexibility index (Phi) is 6.10. The number of aromatic nitrogens is 4. The van der Waals surface area contributed by atoms with Crippen molar-refractivity contribution in [2.75, 3.05) is 18.1 Å². The summed E-state index contributed by atoms with van der Waals surface area (Å²) >= 11 is 1.59. The maximum Gasteiger partial charge on any atom is 0.191 e. The van der Waals surface area contributed by atoms with Crippen molar-refractivity contribution in [3.8, 4) is 0 Å². The quantitative estimate of drug-likeness (QED) is 0.366. The molecule has 1 aliphatic rings. The topological polar surface area (TPSA) is 119 Å². The van der Waals surface area contributed by atoms with Crippen LogP contribution in [-0.2, 0) is 4.74 Å². The van der Waals surface area contributed by atoms with Crippen LogP contribution < -0.4 is 5.73 Å². The van der Waals surface area contributed by atoms with Gasteiger partial charge in [-0.1, -0.05) is 37.9 Å². The molecule has 1 aliphatic heterocycles. The summed E-state index contributed by atoms with van der Waals surface area (Å²) in [5.74, 6) is 1.29. The molecule has 0 bridgehead atoms. The fraction of sp³-hybridized carbons (Fsp3) is 0.688. The van der Waals surface area contributed by atoms with Crippen LogP contribution in [0, 0.1) is 0 Å². The van der Waals surface area contributed by atoms with Gasteiger partial charge in [-0.05, 0) is 6.42 Å². The van der Waals surface area contributed by atoms with Crippen LogP contribution in [0.15, 0.2) is 11.5 Å². The van der Waals surface area contributed by atoms with Gasteiger partial charge in [0.1, 0.15) is 17.8 Å². The zero-order chi connectivity index (χ0) is 17.8. The molecular formula is C16H25N5O3S. The molecule has 0 amide bonds. The first-order valence-corrected chi connectivity index (χ1v) is 9.69. The molecule has 0 saturated carbocycles. The van der Waals surface area contributed by atoms with Crippen molar-refractivity contribution < 1.29 is 14.9 Å². The van der Waals surface area contributed by atoms with E-state index in [9.17, 15) is 10.2 Å². The van der Waals surface area contributed by atoms with Gasteiger partial charge in [-0.25, -0.2) is 15.0 Å². The second kappa shape index (κ2) is 8.31. The molecule has 1 fully saturated rings. The second-order valence-electron chi connectivity index (χ2n) is 6.24. The lowest BCUT2D eigenvalue weighted by Gasteiger charge is -2.14. The third kappa shape index (κ3) is 4.05. The number of ether oxygens (including phenoxy) is 1. The number of nitrogen functional groups attached to an aromatic ring is 1. The Morgan fingerprint density at radius 3 is 2.92 bits per heavy atom. The van der Waals surface area contributed by atoms with Gasteiger partial charge in [0.15, 0.2) is 16.6 Å². The highest BCUT2D eigenvalue weighted by atomic mass is 32.2. The van der Waals surface area contributed by atoms with Crippen molar-refractivity contribution in [1.29, 1.82) is 0 Å². The van der Waals surface area contributed by atoms with Crippen LogP contribution in [0.1, 0.15) is 45.3 Å². The molecule has 2 aromatic heterocycles. The molecule has 8 nitrogen and oxygen atoms in total. The zero-order valence-corrected chi connectivity index (χ0v) is 15.2. The van der Waals surface area contributed by atoms with Gasteiger partial charge in [-0.2, -0.15) is 0 Å². The zero-order valence-electron chi connectivity index (χ0n) is 14.3. The number of hydrogen-bond acceptors (Lipinski definition) is 8. The Hall–Kier alpha value is -1.42. The van der Waals surface area contributed by atoms with Crippen LogP contribution in [0.5, 0.6) is 0 Å². The van der Waals surface area contributed by atoms with Gasteiger partial charge in [0.2, 0.25) is 0 Å². The van der Waals surface area contributed by atoms with Gasteiger partial charge < -0.3 is 20.7 Å². The molecule has 0 unspecified atom stereocenters. The summed E-state index contributed by atoms with van der Waals surface area (Å²) in [4.78, 5) is 13.2. The van der Waals surface area contributed by atoms with E-state index in [-0.39, 0.29) is 6.61 Å². The van der Waals surface area contributed by atoms with E-state index in [2.05, 4.69) is 21.9 Å². The van der Waals surface area contributed by atoms with Gasteiger partial charge in [0.25, 0.3) is 0 Å². The summed E-state index contributed by atoms with van der Waals surface area (Å²) in [7, 11) is 0. The first-order chi connectivity index (χ1) is 12.1. The minimum Gasteiger partial charge on any atom is -0.394 e. The van der Waals surface area contributed by atoms with Gasteiger partial charge >= 0.3 is 0 Å². The van der Waals surface area contributed by atoms with Crippen molar-refractivity contribution in [3.05, 3.63) is 6.33 Å². The Morgan fingerprint density at radius 2 is 2.20 bits per heavy atom. The fourth-order valence-corrected chi connectivity index (χ4v) is 3.78. The number of rotatable bonds is 8. The summed E-state index contributed by atoms with van der Waals surface area (Å²) in [5.41, 5.74) is 7.16. The molecule has 0 aromatic carbocycles. The highest BCUT2D eigenvalue weighted by Gasteiger charge is 2.35. The van der Waals surface area contributed by atoms with Gasteiger partial charge in [-0.15, -0.1) is 0 Å². The monoisotopic (exact) mass is 367 g/mol. The Morgan fingerprint density at radius 1 is 1.36 bits per heavy atom. The molecule has 3 atom stereocenters. The minimum absolute atomic E-state index is 0.222. The third-order valence-corrected chi connectivity index (χ3v) is 5.28. The van der Waals surface area contributed by atoms with Crippen molar-refractivity contribution >= 4 is 28.7 Å². The standard InChI is InChI=1S/C16H25N5O3S/c1-2-3-4-5-6-25-16-19-14(17)13-15(20-16)21(9-18-13)12-7-10(23)11(8-22)24-12/h9-12,22-23H,2-8H2,1H3,(H2,17,19,20)/t10-,11+,12+/m0/s1. The number of thioether (sulfide) groups is 1. The van der Waals surface area contributed by atoms with Crippen LogP contribution >= 0.6 is 11.8 Å². The van der Waals surface area contributed by atoms with E-state index in [4.69, 9.17) is 10.5 Å². The second-order valence-corrected chi connectivity index (χ2v) is 7.30. The fourth-order valence-electron chi connectivity index (χ4n) is 2.94. The number of hydrogen-bond donors (Lipinski definition) is 3. The van der Waals surface area contributed by atoms with Crippen LogP contribution in [0.25, 0.3) is 11.2 Å². The molecule has 9 heteroatoms.